The largest absolute Gasteiger partial charge is 0.511 e. The normalized spacial score (nSPS) is 17.0. The first-order valence-corrected chi connectivity index (χ1v) is 36.7. The maximum absolute atomic E-state index is 12.2. The number of hydrogen-bond donors (Lipinski definition) is 8. The van der Waals surface area contributed by atoms with Gasteiger partial charge in [-0.1, -0.05) is 53.3 Å². The second kappa shape index (κ2) is 37.0. The van der Waals surface area contributed by atoms with Crippen molar-refractivity contribution in [3.63, 3.8) is 0 Å². The van der Waals surface area contributed by atoms with E-state index in [2.05, 4.69) is 75.7 Å². The summed E-state index contributed by atoms with van der Waals surface area (Å²) in [7, 11) is 5.37. The third-order valence-corrected chi connectivity index (χ3v) is 19.0. The van der Waals surface area contributed by atoms with E-state index in [9.17, 15) is 25.2 Å². The summed E-state index contributed by atoms with van der Waals surface area (Å²) in [6, 6.07) is 29.3. The Hall–Kier alpha value is -9.98. The molecule has 9 heterocycles. The Balaban J connectivity index is 0.000000160. The minimum atomic E-state index is -0.615. The number of aliphatic hydroxyl groups excluding tert-OH is 4. The summed E-state index contributed by atoms with van der Waals surface area (Å²) in [6.45, 7) is 28.5. The molecule has 1 saturated carbocycles. The summed E-state index contributed by atoms with van der Waals surface area (Å²) in [5, 5.41) is 60.2. The molecule has 3 saturated heterocycles. The Morgan fingerprint density at radius 2 is 1.01 bits per heavy atom. The van der Waals surface area contributed by atoms with Crippen LogP contribution in [-0.4, -0.2) is 258 Å². The zero-order valence-corrected chi connectivity index (χ0v) is 63.0. The van der Waals surface area contributed by atoms with Crippen LogP contribution in [0.1, 0.15) is 62.2 Å². The molecule has 570 valence electrons. The minimum Gasteiger partial charge on any atom is -0.511 e. The molecule has 4 unspecified atom stereocenters. The first-order chi connectivity index (χ1) is 51.8. The Morgan fingerprint density at radius 1 is 0.579 bits per heavy atom. The Kier molecular flexibility index (Phi) is 27.0. The van der Waals surface area contributed by atoms with Gasteiger partial charge in [-0.25, -0.2) is 34.7 Å². The van der Waals surface area contributed by atoms with Gasteiger partial charge in [0.05, 0.1) is 58.8 Å². The van der Waals surface area contributed by atoms with Crippen LogP contribution in [0.15, 0.2) is 123 Å². The smallest absolute Gasteiger partial charge is 0.409 e. The third kappa shape index (κ3) is 20.6. The van der Waals surface area contributed by atoms with Crippen molar-refractivity contribution in [3.8, 4) is 73.9 Å². The van der Waals surface area contributed by atoms with Gasteiger partial charge in [-0.15, -0.1) is 0 Å². The zero-order valence-electron chi connectivity index (χ0n) is 63.0. The standard InChI is InChI=1S/C27H36N6O4.C26H34N6O3.C25H32N6O4/c1-5-36-27(35)33-11-9-32(10-12-33)24-14-23(25-18(2)15-29-19(25)3)30-26(31-24)20-7-6-8-22(13-20)37-17-21(34)16-28-4;1-17-25(18(2)35-30-17)23-14-24(32-11-9-31(10-12-32)20-7-8-20)29-26(28-23)19-5-4-6-22(13-19)34-16-21(33)15-27-3;1-15-24(17(3)35-30-15)21-11-23(31-9-8-27-22(13-31)16(2)32)29-25(28-21)18-6-5-7-20(10-18)34-14-19(33)12-26-4/h6-8,13-14,21,28,34H,5,9-12,15-17H2,1-4H3;4-6,13-14,20-21,27,33H,7-12,15-16H2,1-3H3;5-7,10-11,19,22,26-27,32-33H,2,8-9,12-14H2,1,3-4H3. The van der Waals surface area contributed by atoms with Crippen LogP contribution in [0.3, 0.4) is 0 Å². The van der Waals surface area contributed by atoms with E-state index in [1.807, 2.05) is 126 Å². The number of nitrogens with one attached hydrogen (secondary N) is 4. The molecule has 5 aliphatic rings. The Morgan fingerprint density at radius 3 is 1.40 bits per heavy atom. The molecule has 29 nitrogen and oxygen atoms in total. The van der Waals surface area contributed by atoms with Gasteiger partial charge in [-0.2, -0.15) is 0 Å². The molecule has 13 rings (SSSR count). The fourth-order valence-corrected chi connectivity index (χ4v) is 13.3. The lowest BCUT2D eigenvalue weighted by Crippen LogP contribution is -2.51. The number of ether oxygens (including phenoxy) is 4. The summed E-state index contributed by atoms with van der Waals surface area (Å²) >= 11 is 0. The van der Waals surface area contributed by atoms with Gasteiger partial charge in [0.15, 0.2) is 17.5 Å². The number of aliphatic imine (C=N–C) groups is 1. The van der Waals surface area contributed by atoms with Gasteiger partial charge in [-0.3, -0.25) is 9.89 Å². The maximum atomic E-state index is 12.2. The molecule has 0 radical (unpaired) electrons. The van der Waals surface area contributed by atoms with Crippen LogP contribution in [0.2, 0.25) is 0 Å². The molecule has 8 aromatic rings. The number of aryl methyl sites for hydroxylation is 4. The van der Waals surface area contributed by atoms with Crippen molar-refractivity contribution in [2.24, 2.45) is 4.99 Å². The van der Waals surface area contributed by atoms with Crippen molar-refractivity contribution in [2.45, 2.75) is 91.7 Å². The number of nitrogens with zero attached hydrogens (tertiary/aromatic N) is 14. The van der Waals surface area contributed by atoms with Gasteiger partial charge in [0.1, 0.15) is 90.1 Å². The molecule has 4 fully saturated rings. The predicted octanol–water partition coefficient (Wildman–Crippen LogP) is 7.51. The average molecular weight is 1470 g/mol. The van der Waals surface area contributed by atoms with E-state index in [0.29, 0.717) is 125 Å². The first-order valence-electron chi connectivity index (χ1n) is 36.7. The predicted molar refractivity (Wildman–Crippen MR) is 413 cm³/mol. The molecule has 29 heteroatoms. The molecular formula is C78H102N18O11. The van der Waals surface area contributed by atoms with Crippen molar-refractivity contribution in [2.75, 3.05) is 160 Å². The number of likely N-dealkylation sites (N-methyl/N-ethyl adjacent to an activating group) is 3. The molecule has 4 aliphatic heterocycles. The van der Waals surface area contributed by atoms with E-state index in [-0.39, 0.29) is 37.7 Å². The van der Waals surface area contributed by atoms with Crippen molar-refractivity contribution in [1.82, 2.24) is 71.3 Å². The highest BCUT2D eigenvalue weighted by Gasteiger charge is 2.33. The summed E-state index contributed by atoms with van der Waals surface area (Å²) in [5.41, 5.74) is 11.3. The molecule has 0 spiro atoms. The third-order valence-electron chi connectivity index (χ3n) is 19.0. The van der Waals surface area contributed by atoms with Crippen LogP contribution in [-0.2, 0) is 4.74 Å². The van der Waals surface area contributed by atoms with E-state index >= 15 is 0 Å². The molecule has 5 aromatic heterocycles. The van der Waals surface area contributed by atoms with Gasteiger partial charge in [0.25, 0.3) is 0 Å². The number of anilines is 3. The highest BCUT2D eigenvalue weighted by molar-refractivity contribution is 6.24. The van der Waals surface area contributed by atoms with Crippen LogP contribution in [0.4, 0.5) is 22.2 Å². The van der Waals surface area contributed by atoms with E-state index in [4.69, 9.17) is 57.9 Å². The van der Waals surface area contributed by atoms with Crippen molar-refractivity contribution in [1.29, 1.82) is 0 Å². The number of amides is 1. The number of aliphatic hydroxyl groups is 4. The van der Waals surface area contributed by atoms with Crippen LogP contribution in [0.5, 0.6) is 17.2 Å². The SMILES string of the molecule is C=C(O)C1CN(c2cc(-c3c(C)noc3C)nc(-c3cccc(OCC(O)CNC)c3)n2)CCN1.CCOC(=O)N1CCN(c2cc(C3=C(C)CN=C3C)nc(-c3cccc(OCC(O)CNC)c3)n2)CC1.CNCC(O)COc1cccc(-c2nc(-c3c(C)noc3C)cc(N3CCN(C4CC4)CC3)n2)c1. The monoisotopic (exact) mass is 1470 g/mol. The van der Waals surface area contributed by atoms with E-state index in [0.717, 1.165) is 117 Å². The lowest BCUT2D eigenvalue weighted by Gasteiger charge is -2.35. The molecule has 1 aliphatic carbocycles. The fourth-order valence-electron chi connectivity index (χ4n) is 13.3. The highest BCUT2D eigenvalue weighted by atomic mass is 16.6. The quantitative estimate of drug-likeness (QED) is 0.0231. The molecule has 107 heavy (non-hydrogen) atoms. The lowest BCUT2D eigenvalue weighted by atomic mass is 10.0. The second-order valence-electron chi connectivity index (χ2n) is 27.3. The minimum absolute atomic E-state index is 0.0974. The molecule has 8 N–H and O–H groups in total. The molecular weight excluding hydrogens is 1360 g/mol. The number of aromatic nitrogens is 8. The molecule has 3 aromatic carbocycles. The summed E-state index contributed by atoms with van der Waals surface area (Å²) in [6.07, 6.45) is 0.588. The van der Waals surface area contributed by atoms with Gasteiger partial charge in [-0.05, 0) is 124 Å². The van der Waals surface area contributed by atoms with Crippen molar-refractivity contribution >= 4 is 34.8 Å². The number of benzene rings is 3. The van der Waals surface area contributed by atoms with E-state index < -0.39 is 18.3 Å². The number of carbonyl (C=O) groups is 1. The highest BCUT2D eigenvalue weighted by Crippen LogP contribution is 2.37. The van der Waals surface area contributed by atoms with Gasteiger partial charge < -0.3 is 89.3 Å². The Labute approximate surface area is 625 Å². The van der Waals surface area contributed by atoms with Gasteiger partial charge >= 0.3 is 6.09 Å². The number of hydrogen-bond acceptors (Lipinski definition) is 28. The van der Waals surface area contributed by atoms with Crippen LogP contribution >= 0.6 is 0 Å². The van der Waals surface area contributed by atoms with E-state index in [1.165, 1.54) is 18.4 Å². The number of allylic oxidation sites excluding steroid dienone is 1. The first kappa shape index (κ1) is 78.1. The topological polar surface area (TPSA) is 341 Å². The summed E-state index contributed by atoms with van der Waals surface area (Å²) in [4.78, 5) is 57.2. The maximum Gasteiger partial charge on any atom is 0.409 e. The number of rotatable bonds is 27. The lowest BCUT2D eigenvalue weighted by molar-refractivity contribution is 0.105. The van der Waals surface area contributed by atoms with Crippen molar-refractivity contribution < 1.29 is 53.2 Å². The number of piperazine rings is 3. The van der Waals surface area contributed by atoms with Crippen LogP contribution in [0, 0.1) is 27.7 Å². The molecule has 4 atom stereocenters. The van der Waals surface area contributed by atoms with E-state index in [1.54, 1.807) is 26.0 Å². The number of carbonyl (C=O) groups excluding carboxylic acids is 1. The zero-order chi connectivity index (χ0) is 75.7. The summed E-state index contributed by atoms with van der Waals surface area (Å²) in [5.74, 6) is 7.63. The van der Waals surface area contributed by atoms with Crippen LogP contribution < -0.4 is 50.2 Å². The summed E-state index contributed by atoms with van der Waals surface area (Å²) < 4.78 is 33.4. The average Bonchev–Trinajstić information content (AvgIpc) is 1.76. The molecule has 0 bridgehead atoms. The van der Waals surface area contributed by atoms with Gasteiger partial charge in [0.2, 0.25) is 0 Å². The fraction of sp³-hybridized carbons (Fsp3) is 0.462. The molecule has 1 amide bonds. The second-order valence-corrected chi connectivity index (χ2v) is 27.3. The van der Waals surface area contributed by atoms with Gasteiger partial charge in [0, 0.05) is 144 Å². The van der Waals surface area contributed by atoms with Crippen molar-refractivity contribution in [3.05, 3.63) is 138 Å². The Bertz CT molecular complexity index is 4340. The van der Waals surface area contributed by atoms with Crippen LogP contribution in [0.25, 0.3) is 62.3 Å².